The molecule has 20 heavy (non-hydrogen) atoms. The van der Waals surface area contributed by atoms with Crippen LogP contribution in [-0.4, -0.2) is 41.8 Å². The predicted octanol–water partition coefficient (Wildman–Crippen LogP) is 2.73. The average Bonchev–Trinajstić information content (AvgIpc) is 2.39. The van der Waals surface area contributed by atoms with E-state index in [4.69, 9.17) is 16.3 Å². The fraction of sp³-hybridized carbons (Fsp3) is 0.500. The molecule has 0 saturated carbocycles. The van der Waals surface area contributed by atoms with Crippen molar-refractivity contribution >= 4 is 23.3 Å². The van der Waals surface area contributed by atoms with Crippen LogP contribution in [0.1, 0.15) is 19.8 Å². The molecular weight excluding hydrogens is 280 g/mol. The summed E-state index contributed by atoms with van der Waals surface area (Å²) in [5, 5.41) is 13.3. The fourth-order valence-electron chi connectivity index (χ4n) is 2.33. The van der Waals surface area contributed by atoms with Gasteiger partial charge in [-0.25, -0.2) is 4.79 Å². The minimum Gasteiger partial charge on any atom is -0.495 e. The van der Waals surface area contributed by atoms with Crippen LogP contribution in [0.2, 0.25) is 5.02 Å². The maximum Gasteiger partial charge on any atom is 0.321 e. The number of benzene rings is 1. The third-order valence-electron chi connectivity index (χ3n) is 3.36. The van der Waals surface area contributed by atoms with Crippen LogP contribution in [0.4, 0.5) is 10.5 Å². The van der Waals surface area contributed by atoms with Crippen molar-refractivity contribution < 1.29 is 14.6 Å². The molecule has 1 aliphatic rings. The van der Waals surface area contributed by atoms with E-state index >= 15 is 0 Å². The standard InChI is InChI=1S/C14H19ClN2O3/c1-14(19)6-3-7-17(9-14)13(18)16-10-4-5-11(15)12(8-10)20-2/h4-5,8,19H,3,6-7,9H2,1-2H3,(H,16,18). The van der Waals surface area contributed by atoms with Crippen LogP contribution >= 0.6 is 11.6 Å². The first kappa shape index (κ1) is 14.9. The molecule has 0 spiro atoms. The summed E-state index contributed by atoms with van der Waals surface area (Å²) in [4.78, 5) is 13.8. The molecule has 1 heterocycles. The van der Waals surface area contributed by atoms with Gasteiger partial charge < -0.3 is 20.1 Å². The number of ether oxygens (including phenoxy) is 1. The predicted molar refractivity (Wildman–Crippen MR) is 78.5 cm³/mol. The number of carbonyl (C=O) groups excluding carboxylic acids is 1. The molecular formula is C14H19ClN2O3. The molecule has 2 rings (SSSR count). The highest BCUT2D eigenvalue weighted by Gasteiger charge is 2.30. The minimum atomic E-state index is -0.812. The van der Waals surface area contributed by atoms with Gasteiger partial charge in [-0.1, -0.05) is 11.6 Å². The summed E-state index contributed by atoms with van der Waals surface area (Å²) < 4.78 is 5.11. The zero-order chi connectivity index (χ0) is 14.8. The topological polar surface area (TPSA) is 61.8 Å². The highest BCUT2D eigenvalue weighted by Crippen LogP contribution is 2.28. The molecule has 110 valence electrons. The van der Waals surface area contributed by atoms with E-state index in [1.165, 1.54) is 7.11 Å². The van der Waals surface area contributed by atoms with Crippen molar-refractivity contribution in [3.8, 4) is 5.75 Å². The maximum atomic E-state index is 12.2. The van der Waals surface area contributed by atoms with E-state index in [9.17, 15) is 9.90 Å². The monoisotopic (exact) mass is 298 g/mol. The second-order valence-electron chi connectivity index (χ2n) is 5.30. The van der Waals surface area contributed by atoms with E-state index in [0.717, 1.165) is 6.42 Å². The first-order valence-electron chi connectivity index (χ1n) is 6.53. The minimum absolute atomic E-state index is 0.227. The Labute approximate surface area is 123 Å². The third kappa shape index (κ3) is 3.55. The molecule has 0 radical (unpaired) electrons. The van der Waals surface area contributed by atoms with Gasteiger partial charge in [-0.2, -0.15) is 0 Å². The number of aliphatic hydroxyl groups is 1. The Hall–Kier alpha value is -1.46. The molecule has 1 atom stereocenters. The smallest absolute Gasteiger partial charge is 0.321 e. The van der Waals surface area contributed by atoms with Gasteiger partial charge in [0.05, 0.1) is 24.3 Å². The second-order valence-corrected chi connectivity index (χ2v) is 5.71. The van der Waals surface area contributed by atoms with Crippen molar-refractivity contribution in [1.29, 1.82) is 0 Å². The Morgan fingerprint density at radius 3 is 2.95 bits per heavy atom. The summed E-state index contributed by atoms with van der Waals surface area (Å²) in [6.45, 7) is 2.73. The van der Waals surface area contributed by atoms with Crippen molar-refractivity contribution in [2.45, 2.75) is 25.4 Å². The van der Waals surface area contributed by atoms with Gasteiger partial charge >= 0.3 is 6.03 Å². The van der Waals surface area contributed by atoms with E-state index in [0.29, 0.717) is 36.0 Å². The Morgan fingerprint density at radius 1 is 1.55 bits per heavy atom. The summed E-state index contributed by atoms with van der Waals surface area (Å²) in [5.74, 6) is 0.509. The molecule has 1 aliphatic heterocycles. The number of anilines is 1. The second kappa shape index (κ2) is 5.89. The van der Waals surface area contributed by atoms with Crippen molar-refractivity contribution in [1.82, 2.24) is 4.90 Å². The Bertz CT molecular complexity index is 505. The summed E-state index contributed by atoms with van der Waals surface area (Å²) in [5.41, 5.74) is -0.200. The lowest BCUT2D eigenvalue weighted by atomic mass is 9.95. The Balaban J connectivity index is 2.04. The van der Waals surface area contributed by atoms with E-state index < -0.39 is 5.60 Å². The summed E-state index contributed by atoms with van der Waals surface area (Å²) >= 11 is 5.94. The average molecular weight is 299 g/mol. The van der Waals surface area contributed by atoms with Crippen LogP contribution in [0.25, 0.3) is 0 Å². The summed E-state index contributed by atoms with van der Waals surface area (Å²) in [6.07, 6.45) is 1.51. The molecule has 2 N–H and O–H groups in total. The molecule has 1 unspecified atom stereocenters. The normalized spacial score (nSPS) is 22.5. The van der Waals surface area contributed by atoms with E-state index in [-0.39, 0.29) is 6.03 Å². The van der Waals surface area contributed by atoms with Gasteiger partial charge in [-0.15, -0.1) is 0 Å². The molecule has 1 saturated heterocycles. The number of hydrogen-bond acceptors (Lipinski definition) is 3. The van der Waals surface area contributed by atoms with E-state index in [2.05, 4.69) is 5.32 Å². The zero-order valence-electron chi connectivity index (χ0n) is 11.6. The zero-order valence-corrected chi connectivity index (χ0v) is 12.4. The van der Waals surface area contributed by atoms with Crippen LogP contribution in [0, 0.1) is 0 Å². The van der Waals surface area contributed by atoms with Gasteiger partial charge in [0.15, 0.2) is 0 Å². The van der Waals surface area contributed by atoms with Crippen molar-refractivity contribution in [2.24, 2.45) is 0 Å². The largest absolute Gasteiger partial charge is 0.495 e. The van der Waals surface area contributed by atoms with Gasteiger partial charge in [0, 0.05) is 18.3 Å². The third-order valence-corrected chi connectivity index (χ3v) is 3.68. The molecule has 6 heteroatoms. The van der Waals surface area contributed by atoms with Crippen LogP contribution in [0.5, 0.6) is 5.75 Å². The molecule has 1 aromatic rings. The Morgan fingerprint density at radius 2 is 2.30 bits per heavy atom. The van der Waals surface area contributed by atoms with Gasteiger partial charge in [0.2, 0.25) is 0 Å². The highest BCUT2D eigenvalue weighted by atomic mass is 35.5. The number of methoxy groups -OCH3 is 1. The lowest BCUT2D eigenvalue weighted by Crippen LogP contribution is -2.49. The van der Waals surface area contributed by atoms with Crippen LogP contribution in [0.3, 0.4) is 0 Å². The van der Waals surface area contributed by atoms with Gasteiger partial charge in [0.25, 0.3) is 0 Å². The number of likely N-dealkylation sites (tertiary alicyclic amines) is 1. The lowest BCUT2D eigenvalue weighted by molar-refractivity contribution is -0.000635. The number of halogens is 1. The lowest BCUT2D eigenvalue weighted by Gasteiger charge is -2.36. The maximum absolute atomic E-state index is 12.2. The molecule has 2 amide bonds. The molecule has 0 aliphatic carbocycles. The van der Waals surface area contributed by atoms with Crippen LogP contribution in [0.15, 0.2) is 18.2 Å². The highest BCUT2D eigenvalue weighted by molar-refractivity contribution is 6.32. The van der Waals surface area contributed by atoms with Gasteiger partial charge in [-0.05, 0) is 31.9 Å². The van der Waals surface area contributed by atoms with Crippen LogP contribution in [-0.2, 0) is 0 Å². The molecule has 0 bridgehead atoms. The summed E-state index contributed by atoms with van der Waals surface area (Å²) in [7, 11) is 1.52. The van der Waals surface area contributed by atoms with Gasteiger partial charge in [-0.3, -0.25) is 0 Å². The summed E-state index contributed by atoms with van der Waals surface area (Å²) in [6, 6.07) is 4.82. The van der Waals surface area contributed by atoms with Crippen molar-refractivity contribution in [3.63, 3.8) is 0 Å². The number of β-amino-alcohol motifs (C(OH)–C–C–N with tert-alkyl or cyclic N) is 1. The first-order valence-corrected chi connectivity index (χ1v) is 6.91. The van der Waals surface area contributed by atoms with E-state index in [1.54, 1.807) is 30.0 Å². The SMILES string of the molecule is COc1cc(NC(=O)N2CCCC(C)(O)C2)ccc1Cl. The number of amides is 2. The van der Waals surface area contributed by atoms with E-state index in [1.807, 2.05) is 0 Å². The number of piperidine rings is 1. The van der Waals surface area contributed by atoms with Crippen LogP contribution < -0.4 is 10.1 Å². The number of nitrogens with zero attached hydrogens (tertiary/aromatic N) is 1. The fourth-order valence-corrected chi connectivity index (χ4v) is 2.53. The first-order chi connectivity index (χ1) is 9.41. The molecule has 5 nitrogen and oxygen atoms in total. The quantitative estimate of drug-likeness (QED) is 0.882. The van der Waals surface area contributed by atoms with Crippen molar-refractivity contribution in [2.75, 3.05) is 25.5 Å². The molecule has 0 aromatic heterocycles. The number of urea groups is 1. The number of rotatable bonds is 2. The van der Waals surface area contributed by atoms with Gasteiger partial charge in [0.1, 0.15) is 5.75 Å². The molecule has 1 fully saturated rings. The number of hydrogen-bond donors (Lipinski definition) is 2. The number of carbonyl (C=O) groups is 1. The Kier molecular flexibility index (Phi) is 4.40. The van der Waals surface area contributed by atoms with Crippen molar-refractivity contribution in [3.05, 3.63) is 23.2 Å². The number of nitrogens with one attached hydrogen (secondary N) is 1. The molecule has 1 aromatic carbocycles.